The number of nitrogens with zero attached hydrogens (tertiary/aromatic N) is 1. The third-order valence-corrected chi connectivity index (χ3v) is 8.03. The molecular formula is C31H42N6O7. The highest BCUT2D eigenvalue weighted by Crippen LogP contribution is 2.22. The lowest BCUT2D eigenvalue weighted by atomic mass is 9.98. The molecule has 0 saturated carbocycles. The Hall–Kier alpha value is -4.42. The van der Waals surface area contributed by atoms with Gasteiger partial charge < -0.3 is 36.3 Å². The van der Waals surface area contributed by atoms with Gasteiger partial charge in [-0.2, -0.15) is 0 Å². The molecule has 2 saturated heterocycles. The lowest BCUT2D eigenvalue weighted by molar-refractivity contribution is -0.146. The molecule has 1 unspecified atom stereocenters. The van der Waals surface area contributed by atoms with Gasteiger partial charge in [-0.3, -0.25) is 28.8 Å². The number of rotatable bonds is 7. The van der Waals surface area contributed by atoms with Crippen LogP contribution in [0.15, 0.2) is 30.5 Å². The normalized spacial score (nSPS) is 26.7. The molecule has 1 aromatic heterocycles. The molecule has 44 heavy (non-hydrogen) atoms. The van der Waals surface area contributed by atoms with Crippen molar-refractivity contribution < 1.29 is 35.2 Å². The second-order valence-electron chi connectivity index (χ2n) is 12.2. The highest BCUT2D eigenvalue weighted by atomic mass is 16.4. The molecule has 2 aromatic rings. The van der Waals surface area contributed by atoms with Gasteiger partial charge in [0.05, 0.1) is 6.40 Å². The average Bonchev–Trinajstić information content (AvgIpc) is 3.64. The Balaban J connectivity index is 1.79. The largest absolute Gasteiger partial charge is 0.481 e. The van der Waals surface area contributed by atoms with Crippen LogP contribution in [-0.4, -0.2) is 87.2 Å². The molecule has 4 rings (SSSR count). The van der Waals surface area contributed by atoms with Crippen LogP contribution in [0.4, 0.5) is 0 Å². The van der Waals surface area contributed by atoms with E-state index in [-0.39, 0.29) is 37.6 Å². The number of aliphatic carboxylic acids is 1. The van der Waals surface area contributed by atoms with Crippen LogP contribution in [-0.2, 0) is 35.2 Å². The summed E-state index contributed by atoms with van der Waals surface area (Å²) in [6, 6.07) is 1.06. The maximum absolute atomic E-state index is 13.9. The third kappa shape index (κ3) is 7.56. The summed E-state index contributed by atoms with van der Waals surface area (Å²) in [4.78, 5) is 84.7. The number of benzene rings is 1. The van der Waals surface area contributed by atoms with E-state index in [4.69, 9.17) is 1.37 Å². The number of H-pyrrole nitrogens is 1. The fourth-order valence-corrected chi connectivity index (χ4v) is 5.80. The second-order valence-corrected chi connectivity index (χ2v) is 12.2. The highest BCUT2D eigenvalue weighted by Gasteiger charge is 2.41. The quantitative estimate of drug-likeness (QED) is 0.267. The first kappa shape index (κ1) is 31.0. The number of aromatic amines is 1. The maximum Gasteiger partial charge on any atom is 0.305 e. The van der Waals surface area contributed by atoms with Crippen LogP contribution in [0.1, 0.15) is 60.3 Å². The topological polar surface area (TPSA) is 190 Å². The van der Waals surface area contributed by atoms with Gasteiger partial charge in [0.1, 0.15) is 30.2 Å². The van der Waals surface area contributed by atoms with Crippen molar-refractivity contribution in [3.8, 4) is 0 Å². The number of carbonyl (C=O) groups is 6. The first-order valence-electron chi connectivity index (χ1n) is 15.6. The van der Waals surface area contributed by atoms with Crippen molar-refractivity contribution in [1.29, 1.82) is 0 Å². The molecule has 2 aliphatic heterocycles. The lowest BCUT2D eigenvalue weighted by Gasteiger charge is -2.30. The summed E-state index contributed by atoms with van der Waals surface area (Å²) in [5, 5.41) is 21.1. The summed E-state index contributed by atoms with van der Waals surface area (Å²) in [5.41, 5.74) is 1.47. The molecule has 5 amide bonds. The van der Waals surface area contributed by atoms with Gasteiger partial charge in [-0.25, -0.2) is 0 Å². The highest BCUT2D eigenvalue weighted by molar-refractivity contribution is 5.99. The van der Waals surface area contributed by atoms with Crippen molar-refractivity contribution in [2.75, 3.05) is 6.54 Å². The van der Waals surface area contributed by atoms with Crippen LogP contribution in [0.2, 0.25) is 0 Å². The number of carbonyl (C=O) groups excluding carboxylic acids is 5. The predicted octanol–water partition coefficient (Wildman–Crippen LogP) is 0.831. The van der Waals surface area contributed by atoms with E-state index in [0.717, 1.165) is 15.8 Å². The van der Waals surface area contributed by atoms with Crippen molar-refractivity contribution in [2.24, 2.45) is 11.8 Å². The van der Waals surface area contributed by atoms with Crippen molar-refractivity contribution in [2.45, 2.75) is 90.0 Å². The van der Waals surface area contributed by atoms with Gasteiger partial charge in [0.15, 0.2) is 0 Å². The summed E-state index contributed by atoms with van der Waals surface area (Å²) in [7, 11) is 0. The van der Waals surface area contributed by atoms with Crippen molar-refractivity contribution >= 4 is 46.4 Å². The van der Waals surface area contributed by atoms with E-state index in [1.54, 1.807) is 20.0 Å². The summed E-state index contributed by atoms with van der Waals surface area (Å²) in [6.07, 6.45) is 0.462. The monoisotopic (exact) mass is 612 g/mol. The van der Waals surface area contributed by atoms with Crippen LogP contribution in [0.5, 0.6) is 0 Å². The van der Waals surface area contributed by atoms with Gasteiger partial charge in [-0.15, -0.1) is 0 Å². The minimum absolute atomic E-state index is 0.0372. The predicted molar refractivity (Wildman–Crippen MR) is 161 cm³/mol. The van der Waals surface area contributed by atoms with Gasteiger partial charge in [0, 0.05) is 31.4 Å². The molecule has 13 heteroatoms. The SMILES string of the molecule is [3H]C(C(=O)O)[C@@H]1NC(=O)[C@@H](Cc2c[nH]c3ccccc23)NC(=O)[C@H](CC(C)C)NC(=O)[C@@H](C(C)C)NC(=O)[C@@H]2CCCN2C1=O. The summed E-state index contributed by atoms with van der Waals surface area (Å²) in [6.45, 7) is 7.32. The van der Waals surface area contributed by atoms with Crippen LogP contribution < -0.4 is 21.3 Å². The van der Waals surface area contributed by atoms with Crippen LogP contribution >= 0.6 is 0 Å². The van der Waals surface area contributed by atoms with E-state index >= 15 is 0 Å². The van der Waals surface area contributed by atoms with E-state index in [1.807, 2.05) is 38.1 Å². The molecule has 2 fully saturated rings. The van der Waals surface area contributed by atoms with Gasteiger partial charge >= 0.3 is 5.97 Å². The molecule has 0 radical (unpaired) electrons. The molecule has 2 aliphatic rings. The first-order chi connectivity index (χ1) is 21.3. The number of aromatic nitrogens is 1. The van der Waals surface area contributed by atoms with E-state index in [9.17, 15) is 33.9 Å². The molecule has 0 aliphatic carbocycles. The van der Waals surface area contributed by atoms with Gasteiger partial charge in [-0.05, 0) is 42.7 Å². The molecule has 0 bridgehead atoms. The van der Waals surface area contributed by atoms with E-state index < -0.39 is 72.1 Å². The fraction of sp³-hybridized carbons (Fsp3) is 0.548. The summed E-state index contributed by atoms with van der Waals surface area (Å²) >= 11 is 0. The Morgan fingerprint density at radius 1 is 0.932 bits per heavy atom. The lowest BCUT2D eigenvalue weighted by Crippen LogP contribution is -2.59. The standard InChI is InChI=1S/C31H42N6O7/c1-16(2)12-21-27(40)33-22(13-18-15-32-20-9-6-5-8-19(18)20)28(41)35-23(14-25(38)39)31(44)37-11-7-10-24(37)29(42)36-26(17(3)4)30(43)34-21/h5-6,8-9,15-17,21-24,26,32H,7,10-14H2,1-4H3,(H,33,40)(H,34,43)(H,35,41)(H,36,42)(H,38,39)/t21-,22+,23-,24-,26+/m0/s1/i14T/t14?,21-,22+,23-,24-,26+. The number of fused-ring (bicyclic) bond motifs is 2. The molecule has 6 N–H and O–H groups in total. The Kier molecular flexibility index (Phi) is 9.81. The molecule has 3 heterocycles. The molecule has 1 aromatic carbocycles. The number of hydrogen-bond donors (Lipinski definition) is 6. The Morgan fingerprint density at radius 3 is 2.27 bits per heavy atom. The second kappa shape index (κ2) is 13.9. The van der Waals surface area contributed by atoms with Crippen LogP contribution in [0, 0.1) is 11.8 Å². The number of hydrogen-bond acceptors (Lipinski definition) is 6. The molecule has 0 spiro atoms. The zero-order valence-electron chi connectivity index (χ0n) is 26.4. The van der Waals surface area contributed by atoms with E-state index in [1.165, 1.54) is 0 Å². The summed E-state index contributed by atoms with van der Waals surface area (Å²) < 4.78 is 8.27. The third-order valence-electron chi connectivity index (χ3n) is 8.03. The fourth-order valence-electron chi connectivity index (χ4n) is 5.80. The number of amides is 5. The average molecular weight is 613 g/mol. The van der Waals surface area contributed by atoms with Crippen LogP contribution in [0.25, 0.3) is 10.9 Å². The Bertz CT molecular complexity index is 1460. The molecule has 6 atom stereocenters. The first-order valence-corrected chi connectivity index (χ1v) is 15.0. The van der Waals surface area contributed by atoms with Crippen molar-refractivity contribution in [3.05, 3.63) is 36.0 Å². The van der Waals surface area contributed by atoms with Gasteiger partial charge in [0.25, 0.3) is 0 Å². The number of para-hydroxylation sites is 1. The van der Waals surface area contributed by atoms with E-state index in [0.29, 0.717) is 12.0 Å². The Labute approximate surface area is 257 Å². The zero-order valence-corrected chi connectivity index (χ0v) is 25.4. The molecule has 13 nitrogen and oxygen atoms in total. The number of carboxylic acid groups (broad SMARTS) is 1. The Morgan fingerprint density at radius 2 is 1.59 bits per heavy atom. The summed E-state index contributed by atoms with van der Waals surface area (Å²) in [5.74, 6) is -5.71. The van der Waals surface area contributed by atoms with Gasteiger partial charge in [-0.1, -0.05) is 45.9 Å². The number of nitrogens with one attached hydrogen (secondary N) is 5. The zero-order chi connectivity index (χ0) is 33.0. The minimum Gasteiger partial charge on any atom is -0.481 e. The van der Waals surface area contributed by atoms with Crippen molar-refractivity contribution in [1.82, 2.24) is 31.2 Å². The maximum atomic E-state index is 13.9. The van der Waals surface area contributed by atoms with Crippen LogP contribution in [0.3, 0.4) is 0 Å². The number of carboxylic acids is 1. The van der Waals surface area contributed by atoms with E-state index in [2.05, 4.69) is 26.3 Å². The smallest absolute Gasteiger partial charge is 0.305 e. The molecular weight excluding hydrogens is 568 g/mol. The van der Waals surface area contributed by atoms with Crippen molar-refractivity contribution in [3.63, 3.8) is 0 Å². The minimum atomic E-state index is -2.09. The molecule has 238 valence electrons. The van der Waals surface area contributed by atoms with Gasteiger partial charge in [0.2, 0.25) is 29.5 Å².